The van der Waals surface area contributed by atoms with Crippen molar-refractivity contribution in [2.45, 2.75) is 64.8 Å². The predicted octanol–water partition coefficient (Wildman–Crippen LogP) is 4.47. The zero-order valence-corrected chi connectivity index (χ0v) is 12.8. The minimum absolute atomic E-state index is 0.0267. The summed E-state index contributed by atoms with van der Waals surface area (Å²) in [5.41, 5.74) is 9.45. The molecule has 0 radical (unpaired) electrons. The van der Waals surface area contributed by atoms with Crippen LogP contribution in [0.1, 0.15) is 57.1 Å². The van der Waals surface area contributed by atoms with Gasteiger partial charge in [-0.25, -0.2) is 0 Å². The number of rotatable bonds is 3. The summed E-state index contributed by atoms with van der Waals surface area (Å²) in [5.74, 6) is 1.69. The molecule has 0 spiro atoms. The first-order valence-corrected chi connectivity index (χ1v) is 7.83. The van der Waals surface area contributed by atoms with Crippen molar-refractivity contribution in [3.05, 3.63) is 35.4 Å². The first-order chi connectivity index (χ1) is 8.98. The molecule has 2 N–H and O–H groups in total. The Kier molecular flexibility index (Phi) is 4.67. The molecule has 1 fully saturated rings. The average molecular weight is 259 g/mol. The highest BCUT2D eigenvalue weighted by Gasteiger charge is 2.30. The van der Waals surface area contributed by atoms with Crippen molar-refractivity contribution >= 4 is 0 Å². The van der Waals surface area contributed by atoms with Crippen LogP contribution in [0, 0.1) is 18.8 Å². The van der Waals surface area contributed by atoms with Gasteiger partial charge >= 0.3 is 0 Å². The summed E-state index contributed by atoms with van der Waals surface area (Å²) in [7, 11) is 0. The van der Waals surface area contributed by atoms with E-state index >= 15 is 0 Å². The van der Waals surface area contributed by atoms with Gasteiger partial charge in [-0.05, 0) is 50.0 Å². The smallest absolute Gasteiger partial charge is 0.0195 e. The third-order valence-corrected chi connectivity index (χ3v) is 4.88. The molecule has 1 saturated carbocycles. The molecule has 1 aliphatic rings. The van der Waals surface area contributed by atoms with Crippen LogP contribution in [-0.4, -0.2) is 5.54 Å². The van der Waals surface area contributed by atoms with E-state index < -0.39 is 0 Å². The Bertz CT molecular complexity index is 393. The van der Waals surface area contributed by atoms with Crippen LogP contribution in [0.5, 0.6) is 0 Å². The van der Waals surface area contributed by atoms with Crippen molar-refractivity contribution < 1.29 is 0 Å². The number of benzene rings is 1. The summed E-state index contributed by atoms with van der Waals surface area (Å²) in [5, 5.41) is 0. The van der Waals surface area contributed by atoms with Crippen LogP contribution in [-0.2, 0) is 6.42 Å². The van der Waals surface area contributed by atoms with Crippen LogP contribution in [0.15, 0.2) is 24.3 Å². The van der Waals surface area contributed by atoms with Gasteiger partial charge in [0.15, 0.2) is 0 Å². The summed E-state index contributed by atoms with van der Waals surface area (Å²) in [6.07, 6.45) is 7.38. The molecule has 1 aromatic carbocycles. The van der Waals surface area contributed by atoms with Gasteiger partial charge in [0.25, 0.3) is 0 Å². The zero-order chi connectivity index (χ0) is 13.9. The van der Waals surface area contributed by atoms with Gasteiger partial charge < -0.3 is 5.73 Å². The number of hydrogen-bond donors (Lipinski definition) is 1. The number of nitrogens with two attached hydrogens (primary N) is 1. The second kappa shape index (κ2) is 6.09. The molecule has 2 rings (SSSR count). The molecule has 1 aromatic rings. The second-order valence-corrected chi connectivity index (χ2v) is 6.96. The molecule has 1 nitrogen and oxygen atoms in total. The van der Waals surface area contributed by atoms with Crippen LogP contribution in [0.4, 0.5) is 0 Å². The standard InChI is InChI=1S/C18H29N/c1-14(2)17-5-4-11-18(19,12-10-17)13-16-8-6-15(3)7-9-16/h6-9,14,17H,4-5,10-13,19H2,1-3H3. The maximum atomic E-state index is 6.69. The fourth-order valence-electron chi connectivity index (χ4n) is 3.41. The molecule has 1 heteroatoms. The minimum Gasteiger partial charge on any atom is -0.325 e. The maximum Gasteiger partial charge on any atom is 0.0195 e. The SMILES string of the molecule is Cc1ccc(CC2(N)CCCC(C(C)C)CC2)cc1. The molecule has 0 heterocycles. The lowest BCUT2D eigenvalue weighted by atomic mass is 9.83. The molecule has 0 saturated heterocycles. The Labute approximate surface area is 118 Å². The first kappa shape index (κ1) is 14.6. The van der Waals surface area contributed by atoms with E-state index in [0.717, 1.165) is 18.3 Å². The quantitative estimate of drug-likeness (QED) is 0.796. The number of hydrogen-bond acceptors (Lipinski definition) is 1. The lowest BCUT2D eigenvalue weighted by Gasteiger charge is -2.28. The molecule has 106 valence electrons. The Morgan fingerprint density at radius 1 is 1.16 bits per heavy atom. The van der Waals surface area contributed by atoms with Crippen LogP contribution < -0.4 is 5.73 Å². The Morgan fingerprint density at radius 2 is 1.84 bits per heavy atom. The van der Waals surface area contributed by atoms with Gasteiger partial charge in [-0.1, -0.05) is 56.5 Å². The van der Waals surface area contributed by atoms with E-state index in [4.69, 9.17) is 5.73 Å². The fraction of sp³-hybridized carbons (Fsp3) is 0.667. The highest BCUT2D eigenvalue weighted by molar-refractivity contribution is 5.23. The lowest BCUT2D eigenvalue weighted by molar-refractivity contribution is 0.322. The molecule has 19 heavy (non-hydrogen) atoms. The van der Waals surface area contributed by atoms with Gasteiger partial charge in [-0.3, -0.25) is 0 Å². The van der Waals surface area contributed by atoms with Gasteiger partial charge in [0, 0.05) is 5.54 Å². The van der Waals surface area contributed by atoms with Crippen LogP contribution in [0.3, 0.4) is 0 Å². The summed E-state index contributed by atoms with van der Waals surface area (Å²) in [4.78, 5) is 0. The van der Waals surface area contributed by atoms with Crippen LogP contribution in [0.2, 0.25) is 0 Å². The molecule has 0 amide bonds. The molecule has 0 aromatic heterocycles. The van der Waals surface area contributed by atoms with E-state index in [1.54, 1.807) is 0 Å². The van der Waals surface area contributed by atoms with E-state index in [1.807, 2.05) is 0 Å². The van der Waals surface area contributed by atoms with Gasteiger partial charge in [-0.15, -0.1) is 0 Å². The summed E-state index contributed by atoms with van der Waals surface area (Å²) in [6.45, 7) is 6.85. The van der Waals surface area contributed by atoms with E-state index in [-0.39, 0.29) is 5.54 Å². The Morgan fingerprint density at radius 3 is 2.47 bits per heavy atom. The largest absolute Gasteiger partial charge is 0.325 e. The molecular weight excluding hydrogens is 230 g/mol. The van der Waals surface area contributed by atoms with E-state index in [0.29, 0.717) is 0 Å². The second-order valence-electron chi connectivity index (χ2n) is 6.96. The van der Waals surface area contributed by atoms with Crippen molar-refractivity contribution in [2.75, 3.05) is 0 Å². The van der Waals surface area contributed by atoms with Crippen LogP contribution in [0.25, 0.3) is 0 Å². The Hall–Kier alpha value is -0.820. The lowest BCUT2D eigenvalue weighted by Crippen LogP contribution is -2.41. The molecule has 2 unspecified atom stereocenters. The highest BCUT2D eigenvalue weighted by atomic mass is 14.7. The monoisotopic (exact) mass is 259 g/mol. The highest BCUT2D eigenvalue weighted by Crippen LogP contribution is 2.34. The molecular formula is C18H29N. The minimum atomic E-state index is 0.0267. The topological polar surface area (TPSA) is 26.0 Å². The molecule has 0 bridgehead atoms. The van der Waals surface area contributed by atoms with Crippen molar-refractivity contribution in [3.63, 3.8) is 0 Å². The van der Waals surface area contributed by atoms with E-state index in [1.165, 1.54) is 43.2 Å². The van der Waals surface area contributed by atoms with Crippen molar-refractivity contribution in [3.8, 4) is 0 Å². The van der Waals surface area contributed by atoms with Gasteiger partial charge in [-0.2, -0.15) is 0 Å². The van der Waals surface area contributed by atoms with E-state index in [9.17, 15) is 0 Å². The van der Waals surface area contributed by atoms with Crippen molar-refractivity contribution in [2.24, 2.45) is 17.6 Å². The average Bonchev–Trinajstić information content (AvgIpc) is 2.55. The number of aryl methyl sites for hydroxylation is 1. The maximum absolute atomic E-state index is 6.69. The van der Waals surface area contributed by atoms with Gasteiger partial charge in [0.05, 0.1) is 0 Å². The van der Waals surface area contributed by atoms with Crippen LogP contribution >= 0.6 is 0 Å². The summed E-state index contributed by atoms with van der Waals surface area (Å²) >= 11 is 0. The summed E-state index contributed by atoms with van der Waals surface area (Å²) < 4.78 is 0. The first-order valence-electron chi connectivity index (χ1n) is 7.83. The third-order valence-electron chi connectivity index (χ3n) is 4.88. The fourth-order valence-corrected chi connectivity index (χ4v) is 3.41. The Balaban J connectivity index is 2.00. The molecule has 1 aliphatic carbocycles. The zero-order valence-electron chi connectivity index (χ0n) is 12.8. The third kappa shape index (κ3) is 4.07. The molecule has 2 atom stereocenters. The van der Waals surface area contributed by atoms with E-state index in [2.05, 4.69) is 45.0 Å². The van der Waals surface area contributed by atoms with Gasteiger partial charge in [0.1, 0.15) is 0 Å². The summed E-state index contributed by atoms with van der Waals surface area (Å²) in [6, 6.07) is 8.89. The normalized spacial score (nSPS) is 28.4. The van der Waals surface area contributed by atoms with Gasteiger partial charge in [0.2, 0.25) is 0 Å². The van der Waals surface area contributed by atoms with Crippen molar-refractivity contribution in [1.29, 1.82) is 0 Å². The van der Waals surface area contributed by atoms with Crippen molar-refractivity contribution in [1.82, 2.24) is 0 Å². The molecule has 0 aliphatic heterocycles. The predicted molar refractivity (Wildman–Crippen MR) is 83.2 cm³/mol.